The maximum absolute atomic E-state index is 13.0. The van der Waals surface area contributed by atoms with Crippen LogP contribution in [0.1, 0.15) is 33.6 Å². The van der Waals surface area contributed by atoms with E-state index in [0.717, 1.165) is 6.42 Å². The third kappa shape index (κ3) is 5.43. The molecule has 0 aliphatic heterocycles. The van der Waals surface area contributed by atoms with Crippen LogP contribution in [0.3, 0.4) is 0 Å². The van der Waals surface area contributed by atoms with E-state index in [0.29, 0.717) is 6.42 Å². The molecule has 0 fully saturated rings. The van der Waals surface area contributed by atoms with Crippen molar-refractivity contribution in [3.05, 3.63) is 52.5 Å². The first-order chi connectivity index (χ1) is 12.5. The van der Waals surface area contributed by atoms with Crippen molar-refractivity contribution in [2.45, 2.75) is 44.1 Å². The zero-order valence-corrected chi connectivity index (χ0v) is 17.5. The monoisotopic (exact) mass is 457 g/mol. The Hall–Kier alpha value is -2.13. The molecule has 0 aromatic heterocycles. The molecule has 1 aliphatic rings. The Balaban J connectivity index is 2.42. The van der Waals surface area contributed by atoms with Crippen molar-refractivity contribution < 1.29 is 27.6 Å². The van der Waals surface area contributed by atoms with Crippen molar-refractivity contribution in [2.75, 3.05) is 0 Å². The molecule has 0 saturated heterocycles. The van der Waals surface area contributed by atoms with Crippen LogP contribution in [0.25, 0.3) is 0 Å². The molecule has 0 radical (unpaired) electrons. The van der Waals surface area contributed by atoms with E-state index in [9.17, 15) is 18.0 Å². The molecular formula is C18H20BrNO6S. The lowest BCUT2D eigenvalue weighted by molar-refractivity contribution is -0.161. The highest BCUT2D eigenvalue weighted by Gasteiger charge is 2.38. The molecule has 1 aliphatic carbocycles. The SMILES string of the molecule is CC(C)(C)OC(=O)N(OC(=O)C1=CCCC=C1)S(=O)(=O)c1ccccc1Br. The second kappa shape index (κ2) is 8.26. The van der Waals surface area contributed by atoms with Crippen LogP contribution in [0, 0.1) is 0 Å². The van der Waals surface area contributed by atoms with Gasteiger partial charge in [0.1, 0.15) is 10.5 Å². The minimum absolute atomic E-state index is 0.00996. The van der Waals surface area contributed by atoms with Crippen LogP contribution in [0.4, 0.5) is 4.79 Å². The molecule has 0 N–H and O–H groups in total. The highest BCUT2D eigenvalue weighted by Crippen LogP contribution is 2.27. The molecule has 146 valence electrons. The number of carbonyl (C=O) groups excluding carboxylic acids is 2. The zero-order chi connectivity index (χ0) is 20.2. The average Bonchev–Trinajstić information content (AvgIpc) is 2.58. The number of hydrogen-bond acceptors (Lipinski definition) is 6. The number of ether oxygens (including phenoxy) is 1. The van der Waals surface area contributed by atoms with Gasteiger partial charge in [0.25, 0.3) is 0 Å². The Morgan fingerprint density at radius 2 is 1.81 bits per heavy atom. The van der Waals surface area contributed by atoms with Gasteiger partial charge in [-0.25, -0.2) is 9.59 Å². The predicted octanol–water partition coefficient (Wildman–Crippen LogP) is 4.11. The second-order valence-corrected chi connectivity index (χ2v) is 9.24. The molecule has 0 spiro atoms. The molecule has 1 aromatic rings. The molecule has 1 aromatic carbocycles. The molecule has 0 saturated carbocycles. The number of rotatable bonds is 3. The van der Waals surface area contributed by atoms with Crippen molar-refractivity contribution in [3.8, 4) is 0 Å². The van der Waals surface area contributed by atoms with E-state index >= 15 is 0 Å². The van der Waals surface area contributed by atoms with Crippen molar-refractivity contribution >= 4 is 38.0 Å². The van der Waals surface area contributed by atoms with Crippen molar-refractivity contribution in [2.24, 2.45) is 0 Å². The highest BCUT2D eigenvalue weighted by molar-refractivity contribution is 9.10. The van der Waals surface area contributed by atoms with E-state index in [1.54, 1.807) is 39.0 Å². The van der Waals surface area contributed by atoms with E-state index in [1.165, 1.54) is 24.3 Å². The number of amides is 1. The van der Waals surface area contributed by atoms with Crippen LogP contribution in [-0.2, 0) is 24.4 Å². The Morgan fingerprint density at radius 3 is 2.37 bits per heavy atom. The number of allylic oxidation sites excluding steroid dienone is 2. The van der Waals surface area contributed by atoms with E-state index in [1.807, 2.05) is 0 Å². The first kappa shape index (κ1) is 21.2. The quantitative estimate of drug-likeness (QED) is 0.634. The summed E-state index contributed by atoms with van der Waals surface area (Å²) < 4.78 is 31.3. The summed E-state index contributed by atoms with van der Waals surface area (Å²) >= 11 is 3.13. The van der Waals surface area contributed by atoms with Crippen LogP contribution in [-0.4, -0.2) is 30.5 Å². The number of halogens is 1. The van der Waals surface area contributed by atoms with Gasteiger partial charge < -0.3 is 9.57 Å². The molecule has 0 atom stereocenters. The molecule has 1 amide bonds. The molecule has 0 unspecified atom stereocenters. The van der Waals surface area contributed by atoms with E-state index in [-0.39, 0.29) is 19.4 Å². The van der Waals surface area contributed by atoms with Crippen molar-refractivity contribution in [1.29, 1.82) is 0 Å². The Bertz CT molecular complexity index is 899. The summed E-state index contributed by atoms with van der Waals surface area (Å²) in [5.74, 6) is -0.965. The fourth-order valence-corrected chi connectivity index (χ4v) is 4.16. The van der Waals surface area contributed by atoms with E-state index in [4.69, 9.17) is 9.57 Å². The number of sulfonamides is 1. The third-order valence-corrected chi connectivity index (χ3v) is 5.80. The Kier molecular flexibility index (Phi) is 6.48. The minimum atomic E-state index is -4.52. The lowest BCUT2D eigenvalue weighted by Gasteiger charge is -2.25. The van der Waals surface area contributed by atoms with Crippen molar-refractivity contribution in [1.82, 2.24) is 4.47 Å². The standard InChI is InChI=1S/C18H20BrNO6S/c1-18(2,3)25-17(22)20(26-16(21)13-9-5-4-6-10-13)27(23,24)15-12-8-7-11-14(15)19/h5,7-12H,4,6H2,1-3H3. The number of nitrogens with zero attached hydrogens (tertiary/aromatic N) is 1. The van der Waals surface area contributed by atoms with Gasteiger partial charge in [-0.15, -0.1) is 0 Å². The summed E-state index contributed by atoms with van der Waals surface area (Å²) in [7, 11) is -4.52. The molecule has 0 heterocycles. The van der Waals surface area contributed by atoms with Gasteiger partial charge in [-0.1, -0.05) is 30.4 Å². The maximum atomic E-state index is 13.0. The number of hydroxylamine groups is 1. The van der Waals surface area contributed by atoms with Gasteiger partial charge in [0.2, 0.25) is 0 Å². The number of carbonyl (C=O) groups is 2. The molecule has 7 nitrogen and oxygen atoms in total. The van der Waals surface area contributed by atoms with Gasteiger partial charge in [0, 0.05) is 4.47 Å². The summed E-state index contributed by atoms with van der Waals surface area (Å²) in [4.78, 5) is 29.6. The molecule has 2 rings (SSSR count). The van der Waals surface area contributed by atoms with Gasteiger partial charge >= 0.3 is 22.1 Å². The molecule has 0 bridgehead atoms. The first-order valence-electron chi connectivity index (χ1n) is 8.14. The van der Waals surface area contributed by atoms with Crippen LogP contribution in [0.5, 0.6) is 0 Å². The molecule has 9 heteroatoms. The van der Waals surface area contributed by atoms with Crippen LogP contribution >= 0.6 is 15.9 Å². The molecular weight excluding hydrogens is 438 g/mol. The summed E-state index contributed by atoms with van der Waals surface area (Å²) in [6.45, 7) is 4.72. The first-order valence-corrected chi connectivity index (χ1v) is 10.4. The van der Waals surface area contributed by atoms with Crippen LogP contribution in [0.15, 0.2) is 57.4 Å². The van der Waals surface area contributed by atoms with Gasteiger partial charge in [-0.3, -0.25) is 0 Å². The van der Waals surface area contributed by atoms with E-state index < -0.39 is 27.7 Å². The Labute approximate surface area is 166 Å². The lowest BCUT2D eigenvalue weighted by atomic mass is 10.1. The Morgan fingerprint density at radius 1 is 1.15 bits per heavy atom. The third-order valence-electron chi connectivity index (χ3n) is 3.27. The van der Waals surface area contributed by atoms with Gasteiger partial charge in [-0.05, 0) is 66.1 Å². The van der Waals surface area contributed by atoms with Gasteiger partial charge in [0.05, 0.1) is 5.57 Å². The summed E-state index contributed by atoms with van der Waals surface area (Å²) in [6, 6.07) is 5.88. The van der Waals surface area contributed by atoms with Crippen molar-refractivity contribution in [3.63, 3.8) is 0 Å². The lowest BCUT2D eigenvalue weighted by Crippen LogP contribution is -2.42. The largest absolute Gasteiger partial charge is 0.459 e. The maximum Gasteiger partial charge on any atom is 0.459 e. The number of benzene rings is 1. The zero-order valence-electron chi connectivity index (χ0n) is 15.1. The van der Waals surface area contributed by atoms with Crippen LogP contribution in [0.2, 0.25) is 0 Å². The van der Waals surface area contributed by atoms with Gasteiger partial charge in [0.15, 0.2) is 0 Å². The summed E-state index contributed by atoms with van der Waals surface area (Å²) in [6.07, 6.45) is 4.96. The topological polar surface area (TPSA) is 90.0 Å². The van der Waals surface area contributed by atoms with E-state index in [2.05, 4.69) is 15.9 Å². The normalized spacial score (nSPS) is 14.3. The highest BCUT2D eigenvalue weighted by atomic mass is 79.9. The van der Waals surface area contributed by atoms with Crippen LogP contribution < -0.4 is 0 Å². The smallest absolute Gasteiger partial charge is 0.441 e. The minimum Gasteiger partial charge on any atom is -0.441 e. The van der Waals surface area contributed by atoms with Gasteiger partial charge in [-0.2, -0.15) is 8.42 Å². The second-order valence-electron chi connectivity index (χ2n) is 6.66. The summed E-state index contributed by atoms with van der Waals surface area (Å²) in [5.41, 5.74) is -0.827. The predicted molar refractivity (Wildman–Crippen MR) is 102 cm³/mol. The summed E-state index contributed by atoms with van der Waals surface area (Å²) in [5, 5.41) is 0. The fraction of sp³-hybridized carbons (Fsp3) is 0.333. The number of hydrogen-bond donors (Lipinski definition) is 0. The fourth-order valence-electron chi connectivity index (χ4n) is 2.12. The molecule has 27 heavy (non-hydrogen) atoms. The average molecular weight is 458 g/mol.